The number of rotatable bonds is 10. The van der Waals surface area contributed by atoms with Crippen molar-refractivity contribution in [3.05, 3.63) is 192 Å². The predicted molar refractivity (Wildman–Crippen MR) is 196 cm³/mol. The molecule has 0 aliphatic heterocycles. The molecule has 0 N–H and O–H groups in total. The predicted octanol–water partition coefficient (Wildman–Crippen LogP) is 9.20. The van der Waals surface area contributed by atoms with Crippen LogP contribution in [0.3, 0.4) is 0 Å². The van der Waals surface area contributed by atoms with Gasteiger partial charge in [-0.1, -0.05) is 153 Å². The lowest BCUT2D eigenvalue weighted by molar-refractivity contribution is 0.451. The van der Waals surface area contributed by atoms with Crippen molar-refractivity contribution in [3.63, 3.8) is 0 Å². The molecule has 0 aliphatic carbocycles. The monoisotopic (exact) mass is 636 g/mol. The van der Waals surface area contributed by atoms with Crippen molar-refractivity contribution in [1.82, 2.24) is 29.8 Å². The Balaban J connectivity index is 1.24. The minimum atomic E-state index is -0.830. The smallest absolute Gasteiger partial charge is 0.184 e. The summed E-state index contributed by atoms with van der Waals surface area (Å²) in [4.78, 5) is 4.72. The van der Waals surface area contributed by atoms with Gasteiger partial charge in [0.2, 0.25) is 0 Å². The van der Waals surface area contributed by atoms with Gasteiger partial charge in [-0.05, 0) is 68.4 Å². The van der Waals surface area contributed by atoms with Crippen LogP contribution >= 0.6 is 0 Å². The van der Waals surface area contributed by atoms with E-state index in [1.807, 2.05) is 35.1 Å². The molecule has 238 valence electrons. The van der Waals surface area contributed by atoms with Crippen LogP contribution < -0.4 is 0 Å². The van der Waals surface area contributed by atoms with E-state index in [0.29, 0.717) is 5.82 Å². The second kappa shape index (κ2) is 13.2. The minimum absolute atomic E-state index is 0.685. The van der Waals surface area contributed by atoms with Crippen LogP contribution in [0, 0.1) is 0 Å². The molecule has 0 atom stereocenters. The minimum Gasteiger partial charge on any atom is -0.325 e. The van der Waals surface area contributed by atoms with Crippen LogP contribution in [0.2, 0.25) is 0 Å². The zero-order valence-corrected chi connectivity index (χ0v) is 27.4. The van der Waals surface area contributed by atoms with Crippen LogP contribution in [-0.4, -0.2) is 29.8 Å². The topological polar surface area (TPSA) is 61.4 Å². The lowest BCUT2D eigenvalue weighted by atomic mass is 9.77. The third-order valence-electron chi connectivity index (χ3n) is 9.38. The van der Waals surface area contributed by atoms with E-state index in [1.54, 1.807) is 0 Å². The molecule has 3 aromatic heterocycles. The van der Waals surface area contributed by atoms with Gasteiger partial charge >= 0.3 is 0 Å². The average Bonchev–Trinajstić information content (AvgIpc) is 3.79. The van der Waals surface area contributed by atoms with Crippen molar-refractivity contribution in [2.24, 2.45) is 0 Å². The first-order valence-electron chi connectivity index (χ1n) is 16.8. The summed E-state index contributed by atoms with van der Waals surface area (Å²) in [5, 5.41) is 15.0. The molecule has 0 aliphatic rings. The summed E-state index contributed by atoms with van der Waals surface area (Å²) in [7, 11) is 0. The quantitative estimate of drug-likeness (QED) is 0.141. The molecular weight excluding hydrogens is 601 g/mol. The Morgan fingerprint density at radius 1 is 0.612 bits per heavy atom. The van der Waals surface area contributed by atoms with Gasteiger partial charge in [0.15, 0.2) is 5.82 Å². The first kappa shape index (κ1) is 30.2. The van der Waals surface area contributed by atoms with Crippen LogP contribution in [-0.2, 0) is 18.5 Å². The summed E-state index contributed by atoms with van der Waals surface area (Å²) in [6, 6.07) is 55.2. The second-order valence-corrected chi connectivity index (χ2v) is 12.4. The maximum atomic E-state index is 4.78. The summed E-state index contributed by atoms with van der Waals surface area (Å²) in [6.07, 6.45) is 3.99. The standard InChI is InChI=1S/C43H36N6/c1-2-15-38-30-34-16-14-29-44-41(34)48(38)31-32-25-27-33(28-26-32)39-23-12-13-24-40(39)42-45-46-47-49(42)43(35-17-6-3-7-18-35,36-19-8-4-9-20-36)37-21-10-5-11-22-37/h3-14,16-30H,2,15,31H2,1H3. The summed E-state index contributed by atoms with van der Waals surface area (Å²) in [6.45, 7) is 2.99. The maximum absolute atomic E-state index is 4.78. The van der Waals surface area contributed by atoms with Crippen molar-refractivity contribution in [3.8, 4) is 22.5 Å². The number of pyridine rings is 1. The number of aromatic nitrogens is 6. The molecule has 0 fully saturated rings. The lowest BCUT2D eigenvalue weighted by Crippen LogP contribution is -2.39. The highest BCUT2D eigenvalue weighted by atomic mass is 15.6. The van der Waals surface area contributed by atoms with Gasteiger partial charge in [0.25, 0.3) is 0 Å². The van der Waals surface area contributed by atoms with E-state index in [2.05, 4.69) is 150 Å². The Morgan fingerprint density at radius 2 is 1.20 bits per heavy atom. The molecule has 0 bridgehead atoms. The van der Waals surface area contributed by atoms with Crippen molar-refractivity contribution >= 4 is 11.0 Å². The summed E-state index contributed by atoms with van der Waals surface area (Å²) in [5.74, 6) is 0.685. The zero-order chi connectivity index (χ0) is 33.0. The fourth-order valence-electron chi connectivity index (χ4n) is 7.17. The van der Waals surface area contributed by atoms with E-state index < -0.39 is 5.54 Å². The van der Waals surface area contributed by atoms with Crippen molar-refractivity contribution < 1.29 is 0 Å². The number of aryl methyl sites for hydroxylation is 1. The summed E-state index contributed by atoms with van der Waals surface area (Å²) >= 11 is 0. The number of tetrazole rings is 1. The lowest BCUT2D eigenvalue weighted by Gasteiger charge is -2.36. The number of hydrogen-bond acceptors (Lipinski definition) is 4. The molecule has 0 spiro atoms. The van der Waals surface area contributed by atoms with Crippen LogP contribution in [0.1, 0.15) is 41.3 Å². The van der Waals surface area contributed by atoms with Crippen LogP contribution in [0.4, 0.5) is 0 Å². The van der Waals surface area contributed by atoms with Crippen molar-refractivity contribution in [2.45, 2.75) is 31.8 Å². The Morgan fingerprint density at radius 3 is 1.82 bits per heavy atom. The first-order valence-corrected chi connectivity index (χ1v) is 16.8. The van der Waals surface area contributed by atoms with Gasteiger partial charge in [0.05, 0.1) is 0 Å². The largest absolute Gasteiger partial charge is 0.325 e. The number of hydrogen-bond donors (Lipinski definition) is 0. The van der Waals surface area contributed by atoms with E-state index in [4.69, 9.17) is 15.3 Å². The molecule has 0 saturated heterocycles. The van der Waals surface area contributed by atoms with Crippen molar-refractivity contribution in [1.29, 1.82) is 0 Å². The van der Waals surface area contributed by atoms with Gasteiger partial charge in [-0.2, -0.15) is 0 Å². The van der Waals surface area contributed by atoms with Crippen LogP contribution in [0.15, 0.2) is 164 Å². The molecule has 8 rings (SSSR count). The molecule has 8 aromatic rings. The van der Waals surface area contributed by atoms with Gasteiger partial charge in [-0.15, -0.1) is 5.10 Å². The van der Waals surface area contributed by atoms with Crippen LogP contribution in [0.5, 0.6) is 0 Å². The normalized spacial score (nSPS) is 11.6. The molecule has 6 heteroatoms. The third kappa shape index (κ3) is 5.41. The molecule has 3 heterocycles. The molecular formula is C43H36N6. The van der Waals surface area contributed by atoms with E-state index >= 15 is 0 Å². The van der Waals surface area contributed by atoms with Gasteiger partial charge < -0.3 is 4.57 Å². The molecule has 0 amide bonds. The molecule has 0 radical (unpaired) electrons. The molecule has 6 nitrogen and oxygen atoms in total. The van der Waals surface area contributed by atoms with Gasteiger partial charge in [0, 0.05) is 29.4 Å². The zero-order valence-electron chi connectivity index (χ0n) is 27.4. The Labute approximate surface area is 286 Å². The van der Waals surface area contributed by atoms with E-state index in [0.717, 1.165) is 58.4 Å². The number of benzene rings is 5. The molecule has 0 unspecified atom stereocenters. The third-order valence-corrected chi connectivity index (χ3v) is 9.38. The van der Waals surface area contributed by atoms with E-state index in [9.17, 15) is 0 Å². The molecule has 5 aromatic carbocycles. The summed E-state index contributed by atoms with van der Waals surface area (Å²) < 4.78 is 4.35. The van der Waals surface area contributed by atoms with E-state index in [-0.39, 0.29) is 0 Å². The fraction of sp³-hybridized carbons (Fsp3) is 0.116. The highest BCUT2D eigenvalue weighted by Gasteiger charge is 2.42. The number of nitrogens with zero attached hydrogens (tertiary/aromatic N) is 6. The molecule has 49 heavy (non-hydrogen) atoms. The fourth-order valence-corrected chi connectivity index (χ4v) is 7.17. The number of fused-ring (bicyclic) bond motifs is 1. The first-order chi connectivity index (χ1) is 24.3. The Hall–Kier alpha value is -6.14. The Kier molecular flexibility index (Phi) is 8.12. The van der Waals surface area contributed by atoms with Crippen LogP contribution in [0.25, 0.3) is 33.5 Å². The highest BCUT2D eigenvalue weighted by Crippen LogP contribution is 2.43. The van der Waals surface area contributed by atoms with Crippen molar-refractivity contribution in [2.75, 3.05) is 0 Å². The second-order valence-electron chi connectivity index (χ2n) is 12.4. The van der Waals surface area contributed by atoms with Gasteiger partial charge in [-0.25, -0.2) is 9.67 Å². The van der Waals surface area contributed by atoms with Gasteiger partial charge in [0.1, 0.15) is 11.2 Å². The van der Waals surface area contributed by atoms with E-state index in [1.165, 1.54) is 16.6 Å². The average molecular weight is 637 g/mol. The SMILES string of the molecule is CCCc1cc2cccnc2n1Cc1ccc(-c2ccccc2-c2nnnn2C(c2ccccc2)(c2ccccc2)c2ccccc2)cc1. The molecule has 0 saturated carbocycles. The Bertz CT molecular complexity index is 2210. The maximum Gasteiger partial charge on any atom is 0.184 e. The highest BCUT2D eigenvalue weighted by molar-refractivity contribution is 5.81. The van der Waals surface area contributed by atoms with Gasteiger partial charge in [-0.3, -0.25) is 0 Å². The summed E-state index contributed by atoms with van der Waals surface area (Å²) in [5.41, 5.74) is 9.06.